The SMILES string of the molecule is CN1C(=O)C(C)(NC(=O)c2ccccc2)C1c1cccs1. The summed E-state index contributed by atoms with van der Waals surface area (Å²) in [6, 6.07) is 12.8. The number of carbonyl (C=O) groups is 2. The van der Waals surface area contributed by atoms with Gasteiger partial charge in [-0.1, -0.05) is 24.3 Å². The summed E-state index contributed by atoms with van der Waals surface area (Å²) in [5.74, 6) is -0.286. The molecule has 2 aromatic rings. The molecule has 1 saturated heterocycles. The van der Waals surface area contributed by atoms with Gasteiger partial charge in [0.1, 0.15) is 5.54 Å². The molecule has 2 unspecified atom stereocenters. The van der Waals surface area contributed by atoms with Crippen molar-refractivity contribution in [2.24, 2.45) is 0 Å². The summed E-state index contributed by atoms with van der Waals surface area (Å²) in [6.07, 6.45) is 0. The standard InChI is InChI=1S/C16H16N2O2S/c1-16(17-14(19)11-7-4-3-5-8-11)13(18(2)15(16)20)12-9-6-10-21-12/h3-10,13H,1-2H3,(H,17,19). The summed E-state index contributed by atoms with van der Waals surface area (Å²) >= 11 is 1.59. The van der Waals surface area contributed by atoms with Gasteiger partial charge in [0.05, 0.1) is 6.04 Å². The highest BCUT2D eigenvalue weighted by Crippen LogP contribution is 2.43. The number of β-lactam (4-membered cyclic amide) rings is 1. The van der Waals surface area contributed by atoms with Gasteiger partial charge in [-0.2, -0.15) is 0 Å². The molecule has 2 atom stereocenters. The Hall–Kier alpha value is -2.14. The van der Waals surface area contributed by atoms with Crippen LogP contribution < -0.4 is 5.32 Å². The van der Waals surface area contributed by atoms with E-state index >= 15 is 0 Å². The molecule has 0 saturated carbocycles. The lowest BCUT2D eigenvalue weighted by molar-refractivity contribution is -0.158. The van der Waals surface area contributed by atoms with Crippen LogP contribution in [0.3, 0.4) is 0 Å². The topological polar surface area (TPSA) is 49.4 Å². The Morgan fingerprint density at radius 2 is 1.95 bits per heavy atom. The van der Waals surface area contributed by atoms with Crippen LogP contribution in [0.25, 0.3) is 0 Å². The molecule has 1 aliphatic rings. The molecule has 1 fully saturated rings. The van der Waals surface area contributed by atoms with E-state index in [-0.39, 0.29) is 17.9 Å². The molecule has 2 heterocycles. The fourth-order valence-corrected chi connectivity index (χ4v) is 3.86. The third kappa shape index (κ3) is 2.14. The lowest BCUT2D eigenvalue weighted by atomic mass is 9.79. The van der Waals surface area contributed by atoms with E-state index in [0.717, 1.165) is 4.88 Å². The van der Waals surface area contributed by atoms with Gasteiger partial charge in [-0.3, -0.25) is 9.59 Å². The molecule has 21 heavy (non-hydrogen) atoms. The van der Waals surface area contributed by atoms with Crippen LogP contribution in [0.2, 0.25) is 0 Å². The largest absolute Gasteiger partial charge is 0.336 e. The first-order valence-corrected chi connectivity index (χ1v) is 7.60. The maximum atomic E-state index is 12.3. The van der Waals surface area contributed by atoms with E-state index in [1.807, 2.05) is 35.7 Å². The minimum absolute atomic E-state index is 0.0646. The van der Waals surface area contributed by atoms with Crippen LogP contribution in [0, 0.1) is 0 Å². The van der Waals surface area contributed by atoms with Crippen molar-refractivity contribution in [3.8, 4) is 0 Å². The maximum absolute atomic E-state index is 12.3. The quantitative estimate of drug-likeness (QED) is 0.885. The Bertz CT molecular complexity index is 669. The summed E-state index contributed by atoms with van der Waals surface area (Å²) in [7, 11) is 1.77. The third-order valence-electron chi connectivity index (χ3n) is 3.92. The smallest absolute Gasteiger partial charge is 0.252 e. The second-order valence-corrected chi connectivity index (χ2v) is 6.34. The van der Waals surface area contributed by atoms with Crippen LogP contribution in [0.15, 0.2) is 47.8 Å². The average molecular weight is 300 g/mol. The number of nitrogens with zero attached hydrogens (tertiary/aromatic N) is 1. The fourth-order valence-electron chi connectivity index (χ4n) is 2.86. The van der Waals surface area contributed by atoms with Crippen molar-refractivity contribution in [1.29, 1.82) is 0 Å². The van der Waals surface area contributed by atoms with Crippen molar-refractivity contribution >= 4 is 23.2 Å². The van der Waals surface area contributed by atoms with Crippen LogP contribution in [-0.2, 0) is 4.79 Å². The molecule has 0 spiro atoms. The van der Waals surface area contributed by atoms with Crippen molar-refractivity contribution in [3.05, 3.63) is 58.3 Å². The van der Waals surface area contributed by atoms with Crippen LogP contribution in [-0.4, -0.2) is 29.3 Å². The zero-order valence-electron chi connectivity index (χ0n) is 11.9. The first-order chi connectivity index (χ1) is 10.0. The third-order valence-corrected chi connectivity index (χ3v) is 4.85. The highest BCUT2D eigenvalue weighted by molar-refractivity contribution is 7.10. The average Bonchev–Trinajstić information content (AvgIpc) is 3.01. The molecular formula is C16H16N2O2S. The Labute approximate surface area is 127 Å². The van der Waals surface area contributed by atoms with E-state index in [2.05, 4.69) is 5.32 Å². The van der Waals surface area contributed by atoms with E-state index in [0.29, 0.717) is 5.56 Å². The number of amides is 2. The lowest BCUT2D eigenvalue weighted by Gasteiger charge is -2.52. The normalized spacial score (nSPS) is 24.6. The van der Waals surface area contributed by atoms with Crippen molar-refractivity contribution in [1.82, 2.24) is 10.2 Å². The number of nitrogens with one attached hydrogen (secondary N) is 1. The molecule has 0 radical (unpaired) electrons. The van der Waals surface area contributed by atoms with Gasteiger partial charge in [0.25, 0.3) is 11.8 Å². The van der Waals surface area contributed by atoms with Crippen LogP contribution in [0.1, 0.15) is 28.2 Å². The van der Waals surface area contributed by atoms with E-state index < -0.39 is 5.54 Å². The number of thiophene rings is 1. The van der Waals surface area contributed by atoms with Gasteiger partial charge in [-0.05, 0) is 30.5 Å². The zero-order chi connectivity index (χ0) is 15.0. The number of benzene rings is 1. The Kier molecular flexibility index (Phi) is 3.29. The molecule has 1 aliphatic heterocycles. The molecule has 1 aromatic heterocycles. The predicted octanol–water partition coefficient (Wildman–Crippen LogP) is 2.45. The fraction of sp³-hybridized carbons (Fsp3) is 0.250. The van der Waals surface area contributed by atoms with Gasteiger partial charge in [0.2, 0.25) is 0 Å². The number of hydrogen-bond acceptors (Lipinski definition) is 3. The summed E-state index contributed by atoms with van der Waals surface area (Å²) < 4.78 is 0. The molecule has 4 nitrogen and oxygen atoms in total. The van der Waals surface area contributed by atoms with Crippen molar-refractivity contribution in [2.45, 2.75) is 18.5 Å². The molecule has 0 aliphatic carbocycles. The van der Waals surface area contributed by atoms with Crippen LogP contribution >= 0.6 is 11.3 Å². The second-order valence-electron chi connectivity index (χ2n) is 5.36. The minimum atomic E-state index is -0.882. The summed E-state index contributed by atoms with van der Waals surface area (Å²) in [6.45, 7) is 1.79. The number of rotatable bonds is 3. The van der Waals surface area contributed by atoms with Crippen molar-refractivity contribution in [3.63, 3.8) is 0 Å². The van der Waals surface area contributed by atoms with Gasteiger partial charge < -0.3 is 10.2 Å². The number of likely N-dealkylation sites (N-methyl/N-ethyl adjacent to an activating group) is 1. The Morgan fingerprint density at radius 3 is 2.57 bits per heavy atom. The van der Waals surface area contributed by atoms with Crippen molar-refractivity contribution in [2.75, 3.05) is 7.05 Å². The summed E-state index contributed by atoms with van der Waals surface area (Å²) in [4.78, 5) is 27.4. The lowest BCUT2D eigenvalue weighted by Crippen LogP contribution is -2.72. The molecule has 1 aromatic carbocycles. The summed E-state index contributed by atoms with van der Waals surface area (Å²) in [5, 5.41) is 4.88. The van der Waals surface area contributed by atoms with Crippen molar-refractivity contribution < 1.29 is 9.59 Å². The van der Waals surface area contributed by atoms with E-state index in [9.17, 15) is 9.59 Å². The number of likely N-dealkylation sites (tertiary alicyclic amines) is 1. The molecular weight excluding hydrogens is 284 g/mol. The van der Waals surface area contributed by atoms with E-state index in [1.165, 1.54) is 0 Å². The Morgan fingerprint density at radius 1 is 1.24 bits per heavy atom. The van der Waals surface area contributed by atoms with Gasteiger partial charge in [-0.15, -0.1) is 11.3 Å². The number of hydrogen-bond donors (Lipinski definition) is 1. The number of carbonyl (C=O) groups excluding carboxylic acids is 2. The monoisotopic (exact) mass is 300 g/mol. The first kappa shape index (κ1) is 13.8. The molecule has 2 amide bonds. The van der Waals surface area contributed by atoms with Gasteiger partial charge >= 0.3 is 0 Å². The molecule has 1 N–H and O–H groups in total. The minimum Gasteiger partial charge on any atom is -0.336 e. The van der Waals surface area contributed by atoms with Gasteiger partial charge in [-0.25, -0.2) is 0 Å². The maximum Gasteiger partial charge on any atom is 0.252 e. The highest BCUT2D eigenvalue weighted by atomic mass is 32.1. The zero-order valence-corrected chi connectivity index (χ0v) is 12.7. The van der Waals surface area contributed by atoms with Gasteiger partial charge in [0.15, 0.2) is 0 Å². The van der Waals surface area contributed by atoms with Crippen LogP contribution in [0.5, 0.6) is 0 Å². The van der Waals surface area contributed by atoms with Crippen LogP contribution in [0.4, 0.5) is 0 Å². The second kappa shape index (κ2) is 5.00. The van der Waals surface area contributed by atoms with E-state index in [4.69, 9.17) is 0 Å². The molecule has 0 bridgehead atoms. The first-order valence-electron chi connectivity index (χ1n) is 6.72. The van der Waals surface area contributed by atoms with E-state index in [1.54, 1.807) is 42.3 Å². The molecule has 5 heteroatoms. The van der Waals surface area contributed by atoms with Gasteiger partial charge in [0, 0.05) is 17.5 Å². The predicted molar refractivity (Wildman–Crippen MR) is 82.1 cm³/mol. The highest BCUT2D eigenvalue weighted by Gasteiger charge is 2.57. The summed E-state index contributed by atoms with van der Waals surface area (Å²) in [5.41, 5.74) is -0.321. The Balaban J connectivity index is 1.86. The molecule has 3 rings (SSSR count). The molecule has 108 valence electrons.